The second kappa shape index (κ2) is 3.42. The van der Waals surface area contributed by atoms with Gasteiger partial charge in [0, 0.05) is 6.20 Å². The van der Waals surface area contributed by atoms with Gasteiger partial charge in [0.25, 0.3) is 0 Å². The van der Waals surface area contributed by atoms with E-state index in [1.165, 1.54) is 10.4 Å². The summed E-state index contributed by atoms with van der Waals surface area (Å²) < 4.78 is 2.05. The zero-order valence-corrected chi connectivity index (χ0v) is 9.95. The maximum atomic E-state index is 4.28. The first-order valence-electron chi connectivity index (χ1n) is 5.12. The third-order valence-corrected chi connectivity index (χ3v) is 3.71. The number of rotatable bonds is 1. The maximum absolute atomic E-state index is 4.28. The summed E-state index contributed by atoms with van der Waals surface area (Å²) in [6.45, 7) is 4.15. The smallest absolute Gasteiger partial charge is 0.178 e. The molecular formula is C12H11N3S. The first-order valence-corrected chi connectivity index (χ1v) is 6.00. The van der Waals surface area contributed by atoms with E-state index in [0.717, 1.165) is 17.0 Å². The van der Waals surface area contributed by atoms with Crippen LogP contribution < -0.4 is 0 Å². The summed E-state index contributed by atoms with van der Waals surface area (Å²) in [5.41, 5.74) is 3.33. The molecule has 3 aromatic heterocycles. The molecule has 16 heavy (non-hydrogen) atoms. The molecule has 0 atom stereocenters. The molecule has 0 fully saturated rings. The quantitative estimate of drug-likeness (QED) is 0.642. The lowest BCUT2D eigenvalue weighted by atomic mass is 10.2. The zero-order chi connectivity index (χ0) is 11.1. The van der Waals surface area contributed by atoms with Crippen molar-refractivity contribution < 1.29 is 0 Å². The van der Waals surface area contributed by atoms with E-state index in [2.05, 4.69) is 41.6 Å². The molecule has 0 aromatic carbocycles. The van der Waals surface area contributed by atoms with Crippen LogP contribution in [0.1, 0.15) is 11.1 Å². The van der Waals surface area contributed by atoms with E-state index < -0.39 is 0 Å². The third kappa shape index (κ3) is 1.27. The Morgan fingerprint density at radius 2 is 2.00 bits per heavy atom. The summed E-state index contributed by atoms with van der Waals surface area (Å²) in [6.07, 6.45) is 2.01. The molecule has 0 bridgehead atoms. The molecule has 0 aliphatic rings. The Labute approximate surface area is 97.4 Å². The molecule has 3 heterocycles. The van der Waals surface area contributed by atoms with E-state index in [1.807, 2.05) is 16.7 Å². The van der Waals surface area contributed by atoms with Crippen molar-refractivity contribution in [3.8, 4) is 10.7 Å². The normalized spacial score (nSPS) is 11.1. The molecule has 0 saturated heterocycles. The van der Waals surface area contributed by atoms with E-state index in [4.69, 9.17) is 0 Å². The first kappa shape index (κ1) is 9.54. The van der Waals surface area contributed by atoms with Gasteiger partial charge in [-0.25, -0.2) is 0 Å². The molecule has 3 aromatic rings. The van der Waals surface area contributed by atoms with Gasteiger partial charge in [0.15, 0.2) is 11.5 Å². The van der Waals surface area contributed by atoms with Gasteiger partial charge in [-0.05, 0) is 42.5 Å². The Morgan fingerprint density at radius 1 is 1.12 bits per heavy atom. The number of thiophene rings is 1. The number of aryl methyl sites for hydroxylation is 2. The summed E-state index contributed by atoms with van der Waals surface area (Å²) in [4.78, 5) is 1.19. The van der Waals surface area contributed by atoms with Crippen molar-refractivity contribution in [2.24, 2.45) is 0 Å². The molecule has 0 N–H and O–H groups in total. The van der Waals surface area contributed by atoms with Crippen LogP contribution in [0.25, 0.3) is 16.3 Å². The van der Waals surface area contributed by atoms with E-state index in [9.17, 15) is 0 Å². The summed E-state index contributed by atoms with van der Waals surface area (Å²) in [5, 5.41) is 10.6. The number of hydrogen-bond donors (Lipinski definition) is 0. The highest BCUT2D eigenvalue weighted by Crippen LogP contribution is 2.28. The van der Waals surface area contributed by atoms with Gasteiger partial charge in [-0.1, -0.05) is 6.07 Å². The molecule has 0 amide bonds. The van der Waals surface area contributed by atoms with Crippen LogP contribution in [0.3, 0.4) is 0 Å². The minimum atomic E-state index is 0.935. The summed E-state index contributed by atoms with van der Waals surface area (Å²) in [6, 6.07) is 6.18. The Balaban J connectivity index is 2.34. The van der Waals surface area contributed by atoms with Crippen LogP contribution >= 0.6 is 11.3 Å². The van der Waals surface area contributed by atoms with E-state index in [-0.39, 0.29) is 0 Å². The van der Waals surface area contributed by atoms with Crippen LogP contribution in [-0.2, 0) is 0 Å². The van der Waals surface area contributed by atoms with Crippen molar-refractivity contribution >= 4 is 17.0 Å². The minimum absolute atomic E-state index is 0.935. The van der Waals surface area contributed by atoms with Crippen LogP contribution in [0.15, 0.2) is 29.8 Å². The number of aromatic nitrogens is 3. The third-order valence-electron chi connectivity index (χ3n) is 2.70. The second-order valence-electron chi connectivity index (χ2n) is 3.84. The fourth-order valence-corrected chi connectivity index (χ4v) is 2.71. The molecule has 0 saturated carbocycles. The largest absolute Gasteiger partial charge is 0.282 e. The number of fused-ring (bicyclic) bond motifs is 1. The predicted octanol–water partition coefficient (Wildman–Crippen LogP) is 3.07. The highest BCUT2D eigenvalue weighted by molar-refractivity contribution is 7.13. The number of hydrogen-bond acceptors (Lipinski definition) is 3. The highest BCUT2D eigenvalue weighted by atomic mass is 32.1. The lowest BCUT2D eigenvalue weighted by Gasteiger charge is -1.99. The summed E-state index contributed by atoms with van der Waals surface area (Å²) >= 11 is 1.70. The fourth-order valence-electron chi connectivity index (χ4n) is 1.81. The molecule has 3 nitrogen and oxygen atoms in total. The second-order valence-corrected chi connectivity index (χ2v) is 4.76. The van der Waals surface area contributed by atoms with Crippen molar-refractivity contribution in [1.29, 1.82) is 0 Å². The van der Waals surface area contributed by atoms with Crippen molar-refractivity contribution in [3.05, 3.63) is 40.9 Å². The van der Waals surface area contributed by atoms with Crippen molar-refractivity contribution in [1.82, 2.24) is 14.6 Å². The van der Waals surface area contributed by atoms with Gasteiger partial charge in [0.1, 0.15) is 0 Å². The lowest BCUT2D eigenvalue weighted by molar-refractivity contribution is 1.11. The van der Waals surface area contributed by atoms with Gasteiger partial charge in [-0.3, -0.25) is 4.40 Å². The average Bonchev–Trinajstić information content (AvgIpc) is 2.84. The Kier molecular flexibility index (Phi) is 2.04. The summed E-state index contributed by atoms with van der Waals surface area (Å²) in [5.74, 6) is 0.936. The maximum Gasteiger partial charge on any atom is 0.178 e. The predicted molar refractivity (Wildman–Crippen MR) is 65.8 cm³/mol. The van der Waals surface area contributed by atoms with Gasteiger partial charge < -0.3 is 0 Å². The summed E-state index contributed by atoms with van der Waals surface area (Å²) in [7, 11) is 0. The Bertz CT molecular complexity index is 651. The molecule has 3 rings (SSSR count). The van der Waals surface area contributed by atoms with Crippen LogP contribution in [0.5, 0.6) is 0 Å². The molecule has 0 spiro atoms. The van der Waals surface area contributed by atoms with E-state index in [1.54, 1.807) is 11.3 Å². The molecule has 0 aliphatic heterocycles. The average molecular weight is 229 g/mol. The van der Waals surface area contributed by atoms with Gasteiger partial charge in [-0.15, -0.1) is 21.5 Å². The zero-order valence-electron chi connectivity index (χ0n) is 9.14. The molecule has 0 unspecified atom stereocenters. The first-order chi connectivity index (χ1) is 7.77. The lowest BCUT2D eigenvalue weighted by Crippen LogP contribution is -1.89. The Hall–Kier alpha value is -1.68. The molecule has 0 aliphatic carbocycles. The molecular weight excluding hydrogens is 218 g/mol. The SMILES string of the molecule is Cc1ccsc1-c1nnc2c(C)cccn12. The van der Waals surface area contributed by atoms with E-state index >= 15 is 0 Å². The number of nitrogens with zero attached hydrogens (tertiary/aromatic N) is 3. The van der Waals surface area contributed by atoms with Crippen molar-refractivity contribution in [2.75, 3.05) is 0 Å². The van der Waals surface area contributed by atoms with Crippen molar-refractivity contribution in [2.45, 2.75) is 13.8 Å². The van der Waals surface area contributed by atoms with Crippen molar-refractivity contribution in [3.63, 3.8) is 0 Å². The van der Waals surface area contributed by atoms with Crippen LogP contribution in [0, 0.1) is 13.8 Å². The fraction of sp³-hybridized carbons (Fsp3) is 0.167. The standard InChI is InChI=1S/C12H11N3S/c1-8-5-7-16-10(8)12-14-13-11-9(2)4-3-6-15(11)12/h3-7H,1-2H3. The van der Waals surface area contributed by atoms with Crippen LogP contribution in [0.4, 0.5) is 0 Å². The highest BCUT2D eigenvalue weighted by Gasteiger charge is 2.11. The topological polar surface area (TPSA) is 30.2 Å². The molecule has 80 valence electrons. The monoisotopic (exact) mass is 229 g/mol. The minimum Gasteiger partial charge on any atom is -0.282 e. The van der Waals surface area contributed by atoms with Crippen LogP contribution in [0.2, 0.25) is 0 Å². The van der Waals surface area contributed by atoms with Gasteiger partial charge in [-0.2, -0.15) is 0 Å². The molecule has 0 radical (unpaired) electrons. The Morgan fingerprint density at radius 3 is 2.75 bits per heavy atom. The van der Waals surface area contributed by atoms with E-state index in [0.29, 0.717) is 0 Å². The van der Waals surface area contributed by atoms with Gasteiger partial charge >= 0.3 is 0 Å². The number of pyridine rings is 1. The van der Waals surface area contributed by atoms with Crippen LogP contribution in [-0.4, -0.2) is 14.6 Å². The van der Waals surface area contributed by atoms with Gasteiger partial charge in [0.2, 0.25) is 0 Å². The molecule has 4 heteroatoms. The van der Waals surface area contributed by atoms with Gasteiger partial charge in [0.05, 0.1) is 4.88 Å².